The van der Waals surface area contributed by atoms with Crippen LogP contribution in [0.1, 0.15) is 22.8 Å². The van der Waals surface area contributed by atoms with E-state index in [4.69, 9.17) is 11.6 Å². The predicted molar refractivity (Wildman–Crippen MR) is 95.5 cm³/mol. The number of carbonyl (C=O) groups is 1. The number of hydrogen-bond donors (Lipinski definition) is 3. The van der Waals surface area contributed by atoms with Gasteiger partial charge in [-0.15, -0.1) is 0 Å². The Hall–Kier alpha value is -2.42. The van der Waals surface area contributed by atoms with Gasteiger partial charge in [0, 0.05) is 16.1 Å². The SMILES string of the molecule is CNS(=O)(=O)c1cccc(C(=O)NN=C(C)c2cc(Cl)ccc2O)c1. The van der Waals surface area contributed by atoms with Gasteiger partial charge < -0.3 is 5.11 Å². The molecule has 2 aromatic carbocycles. The fraction of sp³-hybridized carbons (Fsp3) is 0.125. The number of carbonyl (C=O) groups excluding carboxylic acids is 1. The van der Waals surface area contributed by atoms with Crippen LogP contribution in [0.15, 0.2) is 52.5 Å². The zero-order valence-electron chi connectivity index (χ0n) is 13.4. The molecular formula is C16H16ClN3O4S. The number of rotatable bonds is 5. The van der Waals surface area contributed by atoms with E-state index in [0.717, 1.165) is 0 Å². The van der Waals surface area contributed by atoms with Crippen molar-refractivity contribution in [2.24, 2.45) is 5.10 Å². The van der Waals surface area contributed by atoms with Gasteiger partial charge in [0.2, 0.25) is 10.0 Å². The van der Waals surface area contributed by atoms with Crippen molar-refractivity contribution in [3.63, 3.8) is 0 Å². The molecule has 0 aliphatic heterocycles. The lowest BCUT2D eigenvalue weighted by atomic mass is 10.1. The third-order valence-electron chi connectivity index (χ3n) is 3.35. The number of aromatic hydroxyl groups is 1. The molecule has 0 bridgehead atoms. The van der Waals surface area contributed by atoms with E-state index in [1.54, 1.807) is 6.92 Å². The van der Waals surface area contributed by atoms with Gasteiger partial charge in [-0.05, 0) is 50.4 Å². The van der Waals surface area contributed by atoms with E-state index in [9.17, 15) is 18.3 Å². The smallest absolute Gasteiger partial charge is 0.271 e. The van der Waals surface area contributed by atoms with Crippen LogP contribution in [0, 0.1) is 0 Å². The van der Waals surface area contributed by atoms with Crippen LogP contribution in [-0.2, 0) is 10.0 Å². The van der Waals surface area contributed by atoms with Gasteiger partial charge in [0.05, 0.1) is 10.6 Å². The van der Waals surface area contributed by atoms with Crippen LogP contribution in [-0.4, -0.2) is 32.2 Å². The Kier molecular flexibility index (Phi) is 5.78. The van der Waals surface area contributed by atoms with Crippen LogP contribution in [0.2, 0.25) is 5.02 Å². The molecule has 9 heteroatoms. The lowest BCUT2D eigenvalue weighted by Gasteiger charge is -2.07. The average molecular weight is 382 g/mol. The molecule has 0 saturated carbocycles. The lowest BCUT2D eigenvalue weighted by molar-refractivity contribution is 0.0954. The zero-order chi connectivity index (χ0) is 18.6. The molecule has 0 aliphatic rings. The largest absolute Gasteiger partial charge is 0.507 e. The first kappa shape index (κ1) is 18.9. The fourth-order valence-corrected chi connectivity index (χ4v) is 2.93. The number of phenolic OH excluding ortho intramolecular Hbond substituents is 1. The highest BCUT2D eigenvalue weighted by molar-refractivity contribution is 7.89. The summed E-state index contributed by atoms with van der Waals surface area (Å²) in [5, 5.41) is 14.1. The monoisotopic (exact) mass is 381 g/mol. The summed E-state index contributed by atoms with van der Waals surface area (Å²) in [6, 6.07) is 10.0. The second-order valence-corrected chi connectivity index (χ2v) is 7.36. The van der Waals surface area contributed by atoms with Crippen molar-refractivity contribution in [2.45, 2.75) is 11.8 Å². The van der Waals surface area contributed by atoms with Crippen LogP contribution in [0.3, 0.4) is 0 Å². The summed E-state index contributed by atoms with van der Waals surface area (Å²) in [6.07, 6.45) is 0. The fourth-order valence-electron chi connectivity index (χ4n) is 1.98. The number of amides is 1. The molecule has 25 heavy (non-hydrogen) atoms. The lowest BCUT2D eigenvalue weighted by Crippen LogP contribution is -2.22. The van der Waals surface area contributed by atoms with E-state index in [0.29, 0.717) is 16.3 Å². The highest BCUT2D eigenvalue weighted by Crippen LogP contribution is 2.22. The summed E-state index contributed by atoms with van der Waals surface area (Å²) in [6.45, 7) is 1.59. The Morgan fingerprint density at radius 3 is 2.60 bits per heavy atom. The van der Waals surface area contributed by atoms with Crippen LogP contribution < -0.4 is 10.1 Å². The molecule has 2 rings (SSSR count). The van der Waals surface area contributed by atoms with E-state index in [1.165, 1.54) is 49.5 Å². The van der Waals surface area contributed by atoms with Gasteiger partial charge >= 0.3 is 0 Å². The molecule has 132 valence electrons. The minimum Gasteiger partial charge on any atom is -0.507 e. The molecule has 1 amide bonds. The van der Waals surface area contributed by atoms with Gasteiger partial charge in [-0.2, -0.15) is 5.10 Å². The van der Waals surface area contributed by atoms with Crippen LogP contribution in [0.4, 0.5) is 0 Å². The molecule has 0 aliphatic carbocycles. The number of hydrazone groups is 1. The van der Waals surface area contributed by atoms with Gasteiger partial charge in [-0.1, -0.05) is 17.7 Å². The summed E-state index contributed by atoms with van der Waals surface area (Å²) in [7, 11) is -2.37. The van der Waals surface area contributed by atoms with Crippen molar-refractivity contribution in [1.29, 1.82) is 0 Å². The highest BCUT2D eigenvalue weighted by atomic mass is 35.5. The Morgan fingerprint density at radius 2 is 1.92 bits per heavy atom. The van der Waals surface area contributed by atoms with E-state index >= 15 is 0 Å². The minimum absolute atomic E-state index is 0.0259. The van der Waals surface area contributed by atoms with E-state index in [2.05, 4.69) is 15.2 Å². The summed E-state index contributed by atoms with van der Waals surface area (Å²) in [5.74, 6) is -0.615. The van der Waals surface area contributed by atoms with Crippen molar-refractivity contribution < 1.29 is 18.3 Å². The number of sulfonamides is 1. The maximum Gasteiger partial charge on any atom is 0.271 e. The summed E-state index contributed by atoms with van der Waals surface area (Å²) < 4.78 is 25.8. The normalized spacial score (nSPS) is 12.0. The molecule has 2 aromatic rings. The van der Waals surface area contributed by atoms with Crippen molar-refractivity contribution in [2.75, 3.05) is 7.05 Å². The van der Waals surface area contributed by atoms with Crippen molar-refractivity contribution in [3.8, 4) is 5.75 Å². The maximum absolute atomic E-state index is 12.2. The average Bonchev–Trinajstić information content (AvgIpc) is 2.61. The molecular weight excluding hydrogens is 366 g/mol. The second kappa shape index (κ2) is 7.64. The number of benzene rings is 2. The molecule has 7 nitrogen and oxygen atoms in total. The van der Waals surface area contributed by atoms with E-state index in [1.807, 2.05) is 0 Å². The summed E-state index contributed by atoms with van der Waals surface area (Å²) in [4.78, 5) is 12.1. The van der Waals surface area contributed by atoms with E-state index < -0.39 is 15.9 Å². The van der Waals surface area contributed by atoms with E-state index in [-0.39, 0.29) is 16.2 Å². The first-order valence-electron chi connectivity index (χ1n) is 7.11. The second-order valence-electron chi connectivity index (χ2n) is 5.04. The van der Waals surface area contributed by atoms with Crippen LogP contribution in [0.5, 0.6) is 5.75 Å². The Labute approximate surface area is 150 Å². The standard InChI is InChI=1S/C16H16ClN3O4S/c1-10(14-9-12(17)6-7-15(14)21)19-20-16(22)11-4-3-5-13(8-11)25(23,24)18-2/h3-9,18,21H,1-2H3,(H,20,22). The maximum atomic E-state index is 12.2. The van der Waals surface area contributed by atoms with Gasteiger partial charge in [0.1, 0.15) is 5.75 Å². The third-order valence-corrected chi connectivity index (χ3v) is 5.00. The molecule has 0 heterocycles. The number of hydrogen-bond acceptors (Lipinski definition) is 5. The van der Waals surface area contributed by atoms with Crippen LogP contribution >= 0.6 is 11.6 Å². The molecule has 0 unspecified atom stereocenters. The molecule has 0 fully saturated rings. The van der Waals surface area contributed by atoms with Crippen LogP contribution in [0.25, 0.3) is 0 Å². The van der Waals surface area contributed by atoms with Gasteiger partial charge in [-0.25, -0.2) is 18.6 Å². The Bertz CT molecular complexity index is 942. The minimum atomic E-state index is -3.65. The predicted octanol–water partition coefficient (Wildman–Crippen LogP) is 2.11. The molecule has 3 N–H and O–H groups in total. The zero-order valence-corrected chi connectivity index (χ0v) is 15.0. The Morgan fingerprint density at radius 1 is 1.20 bits per heavy atom. The molecule has 0 radical (unpaired) electrons. The molecule has 0 aromatic heterocycles. The molecule has 0 atom stereocenters. The third kappa shape index (κ3) is 4.56. The van der Waals surface area contributed by atoms with Gasteiger partial charge in [0.15, 0.2) is 0 Å². The number of nitrogens with zero attached hydrogens (tertiary/aromatic N) is 1. The number of phenols is 1. The topological polar surface area (TPSA) is 108 Å². The van der Waals surface area contributed by atoms with Gasteiger partial charge in [-0.3, -0.25) is 4.79 Å². The Balaban J connectivity index is 2.23. The number of halogens is 1. The summed E-state index contributed by atoms with van der Waals surface area (Å²) in [5.41, 5.74) is 3.16. The summed E-state index contributed by atoms with van der Waals surface area (Å²) >= 11 is 5.88. The molecule has 0 saturated heterocycles. The first-order chi connectivity index (χ1) is 11.7. The first-order valence-corrected chi connectivity index (χ1v) is 8.98. The molecule has 0 spiro atoms. The van der Waals surface area contributed by atoms with Crippen molar-refractivity contribution >= 4 is 33.2 Å². The van der Waals surface area contributed by atoms with Gasteiger partial charge in [0.25, 0.3) is 5.91 Å². The highest BCUT2D eigenvalue weighted by Gasteiger charge is 2.14. The van der Waals surface area contributed by atoms with Crippen molar-refractivity contribution in [1.82, 2.24) is 10.1 Å². The number of nitrogens with one attached hydrogen (secondary N) is 2. The quantitative estimate of drug-likeness (QED) is 0.544. The van der Waals surface area contributed by atoms with Crippen molar-refractivity contribution in [3.05, 3.63) is 58.6 Å².